The minimum atomic E-state index is -0.384. The van der Waals surface area contributed by atoms with Crippen LogP contribution in [0.15, 0.2) is 72.0 Å². The van der Waals surface area contributed by atoms with Crippen molar-refractivity contribution in [2.75, 3.05) is 0 Å². The van der Waals surface area contributed by atoms with Crippen molar-refractivity contribution in [1.82, 2.24) is 4.98 Å². The van der Waals surface area contributed by atoms with Crippen molar-refractivity contribution >= 4 is 22.7 Å². The lowest BCUT2D eigenvalue weighted by Gasteiger charge is -2.14. The normalized spacial score (nSPS) is 13.7. The number of primary amides is 1. The Kier molecular flexibility index (Phi) is 4.73. The lowest BCUT2D eigenvalue weighted by molar-refractivity contribution is -0.119. The average molecular weight is 376 g/mol. The van der Waals surface area contributed by atoms with E-state index < -0.39 is 0 Å². The van der Waals surface area contributed by atoms with Gasteiger partial charge >= 0.3 is 0 Å². The monoisotopic (exact) mass is 375 g/mol. The van der Waals surface area contributed by atoms with Crippen LogP contribution in [0, 0.1) is 0 Å². The SMILES string of the molecule is NC(=O)[C@H](Cc1cncc(-c2ccc3c(c2)C(Cl)=NC3)c1)c1ccccc1. The predicted octanol–water partition coefficient (Wildman–Crippen LogP) is 4.06. The average Bonchev–Trinajstić information content (AvgIpc) is 3.07. The highest BCUT2D eigenvalue weighted by atomic mass is 35.5. The van der Waals surface area contributed by atoms with Gasteiger partial charge in [0.05, 0.1) is 12.5 Å². The summed E-state index contributed by atoms with van der Waals surface area (Å²) in [6.45, 7) is 0.629. The molecule has 2 heterocycles. The summed E-state index contributed by atoms with van der Waals surface area (Å²) in [4.78, 5) is 20.6. The van der Waals surface area contributed by atoms with E-state index in [1.54, 1.807) is 6.20 Å². The maximum Gasteiger partial charge on any atom is 0.225 e. The van der Waals surface area contributed by atoms with E-state index in [0.29, 0.717) is 18.1 Å². The van der Waals surface area contributed by atoms with Gasteiger partial charge in [0.1, 0.15) is 5.17 Å². The van der Waals surface area contributed by atoms with Crippen molar-refractivity contribution < 1.29 is 4.79 Å². The summed E-state index contributed by atoms with van der Waals surface area (Å²) in [5.41, 5.74) is 11.6. The van der Waals surface area contributed by atoms with Gasteiger partial charge in [-0.3, -0.25) is 14.8 Å². The Hall–Kier alpha value is -2.98. The zero-order valence-electron chi connectivity index (χ0n) is 14.6. The molecule has 1 aromatic heterocycles. The predicted molar refractivity (Wildman–Crippen MR) is 108 cm³/mol. The van der Waals surface area contributed by atoms with Crippen LogP contribution in [0.25, 0.3) is 11.1 Å². The minimum Gasteiger partial charge on any atom is -0.369 e. The summed E-state index contributed by atoms with van der Waals surface area (Å²) in [5, 5.41) is 0.550. The molecule has 0 saturated carbocycles. The molecule has 0 saturated heterocycles. The van der Waals surface area contributed by atoms with Crippen LogP contribution in [0.5, 0.6) is 0 Å². The highest BCUT2D eigenvalue weighted by molar-refractivity contribution is 6.70. The number of nitrogens with two attached hydrogens (primary N) is 1. The van der Waals surface area contributed by atoms with Gasteiger partial charge in [-0.25, -0.2) is 0 Å². The second kappa shape index (κ2) is 7.33. The van der Waals surface area contributed by atoms with Crippen LogP contribution in [0.2, 0.25) is 0 Å². The standard InChI is InChI=1S/C22H18ClN3O/c23-21-19-10-16(6-7-17(19)13-26-21)18-8-14(11-25-12-18)9-20(22(24)27)15-4-2-1-3-5-15/h1-8,10-12,20H,9,13H2,(H2,24,27)/t20-/m1/s1. The van der Waals surface area contributed by atoms with E-state index >= 15 is 0 Å². The third kappa shape index (κ3) is 3.62. The van der Waals surface area contributed by atoms with Gasteiger partial charge < -0.3 is 5.73 Å². The zero-order chi connectivity index (χ0) is 18.8. The van der Waals surface area contributed by atoms with Gasteiger partial charge in [-0.1, -0.05) is 54.1 Å². The summed E-state index contributed by atoms with van der Waals surface area (Å²) in [6, 6.07) is 17.8. The number of carbonyl (C=O) groups is 1. The van der Waals surface area contributed by atoms with Crippen LogP contribution >= 0.6 is 11.6 Å². The molecule has 4 rings (SSSR count). The first kappa shape index (κ1) is 17.4. The van der Waals surface area contributed by atoms with Gasteiger partial charge in [-0.2, -0.15) is 0 Å². The molecule has 0 unspecified atom stereocenters. The number of carbonyl (C=O) groups excluding carboxylic acids is 1. The van der Waals surface area contributed by atoms with Crippen molar-refractivity contribution in [2.24, 2.45) is 10.7 Å². The van der Waals surface area contributed by atoms with Gasteiger partial charge in [-0.15, -0.1) is 0 Å². The third-order valence-corrected chi connectivity index (χ3v) is 5.16. The molecule has 0 spiro atoms. The molecule has 1 aliphatic rings. The Labute approximate surface area is 162 Å². The molecule has 1 atom stereocenters. The van der Waals surface area contributed by atoms with Gasteiger partial charge in [0.2, 0.25) is 5.91 Å². The molecular weight excluding hydrogens is 358 g/mol. The minimum absolute atomic E-state index is 0.341. The topological polar surface area (TPSA) is 68.3 Å². The Morgan fingerprint density at radius 2 is 1.89 bits per heavy atom. The van der Waals surface area contributed by atoms with Gasteiger partial charge in [0, 0.05) is 23.5 Å². The second-order valence-electron chi connectivity index (χ2n) is 6.63. The number of fused-ring (bicyclic) bond motifs is 1. The molecule has 27 heavy (non-hydrogen) atoms. The van der Waals surface area contributed by atoms with Crippen LogP contribution in [0.4, 0.5) is 0 Å². The molecule has 0 radical (unpaired) electrons. The first-order valence-corrected chi connectivity index (χ1v) is 9.11. The van der Waals surface area contributed by atoms with Crippen LogP contribution in [0.1, 0.15) is 28.2 Å². The van der Waals surface area contributed by atoms with Gasteiger partial charge in [-0.05, 0) is 40.8 Å². The van der Waals surface area contributed by atoms with Crippen LogP contribution in [-0.2, 0) is 17.8 Å². The summed E-state index contributed by atoms with van der Waals surface area (Å²) >= 11 is 6.19. The Morgan fingerprint density at radius 1 is 1.07 bits per heavy atom. The number of rotatable bonds is 5. The van der Waals surface area contributed by atoms with E-state index in [1.807, 2.05) is 60.8 Å². The quantitative estimate of drug-likeness (QED) is 0.730. The molecule has 1 amide bonds. The third-order valence-electron chi connectivity index (χ3n) is 4.83. The zero-order valence-corrected chi connectivity index (χ0v) is 15.4. The van der Waals surface area contributed by atoms with Crippen molar-refractivity contribution in [3.63, 3.8) is 0 Å². The van der Waals surface area contributed by atoms with Crippen LogP contribution in [-0.4, -0.2) is 16.1 Å². The molecule has 134 valence electrons. The number of pyridine rings is 1. The van der Waals surface area contributed by atoms with E-state index in [0.717, 1.165) is 33.4 Å². The number of aromatic nitrogens is 1. The molecular formula is C22H18ClN3O. The maximum absolute atomic E-state index is 12.0. The maximum atomic E-state index is 12.0. The number of hydrogen-bond acceptors (Lipinski definition) is 3. The molecule has 1 aliphatic heterocycles. The number of benzene rings is 2. The van der Waals surface area contributed by atoms with Crippen LogP contribution in [0.3, 0.4) is 0 Å². The van der Waals surface area contributed by atoms with Crippen LogP contribution < -0.4 is 5.73 Å². The Bertz CT molecular complexity index is 1030. The fourth-order valence-electron chi connectivity index (χ4n) is 3.39. The highest BCUT2D eigenvalue weighted by Gasteiger charge is 2.19. The molecule has 0 aliphatic carbocycles. The van der Waals surface area contributed by atoms with Crippen molar-refractivity contribution in [3.05, 3.63) is 89.2 Å². The van der Waals surface area contributed by atoms with E-state index in [2.05, 4.69) is 9.98 Å². The first-order chi connectivity index (χ1) is 13.1. The fraction of sp³-hybridized carbons (Fsp3) is 0.136. The molecule has 2 N–H and O–H groups in total. The first-order valence-electron chi connectivity index (χ1n) is 8.73. The molecule has 0 fully saturated rings. The molecule has 3 aromatic rings. The smallest absolute Gasteiger partial charge is 0.225 e. The van der Waals surface area contributed by atoms with Crippen molar-refractivity contribution in [2.45, 2.75) is 18.9 Å². The Morgan fingerprint density at radius 3 is 2.67 bits per heavy atom. The fourth-order valence-corrected chi connectivity index (χ4v) is 3.62. The largest absolute Gasteiger partial charge is 0.369 e. The second-order valence-corrected chi connectivity index (χ2v) is 6.99. The summed E-state index contributed by atoms with van der Waals surface area (Å²) < 4.78 is 0. The lowest BCUT2D eigenvalue weighted by Crippen LogP contribution is -2.23. The highest BCUT2D eigenvalue weighted by Crippen LogP contribution is 2.29. The molecule has 0 bridgehead atoms. The van der Waals surface area contributed by atoms with Gasteiger partial charge in [0.25, 0.3) is 0 Å². The number of nitrogens with zero attached hydrogens (tertiary/aromatic N) is 2. The van der Waals surface area contributed by atoms with E-state index in [4.69, 9.17) is 17.3 Å². The van der Waals surface area contributed by atoms with E-state index in [1.165, 1.54) is 0 Å². The molecule has 5 heteroatoms. The van der Waals surface area contributed by atoms with E-state index in [-0.39, 0.29) is 11.8 Å². The summed E-state index contributed by atoms with van der Waals surface area (Å²) in [5.74, 6) is -0.725. The Balaban J connectivity index is 1.64. The van der Waals surface area contributed by atoms with Crippen molar-refractivity contribution in [1.29, 1.82) is 0 Å². The summed E-state index contributed by atoms with van der Waals surface area (Å²) in [7, 11) is 0. The number of aliphatic imine (C=N–C) groups is 1. The molecule has 2 aromatic carbocycles. The number of halogens is 1. The van der Waals surface area contributed by atoms with Gasteiger partial charge in [0.15, 0.2) is 0 Å². The number of amides is 1. The lowest BCUT2D eigenvalue weighted by atomic mass is 9.91. The summed E-state index contributed by atoms with van der Waals surface area (Å²) in [6.07, 6.45) is 4.10. The van der Waals surface area contributed by atoms with E-state index in [9.17, 15) is 4.79 Å². The molecule has 4 nitrogen and oxygen atoms in total. The van der Waals surface area contributed by atoms with Crippen molar-refractivity contribution in [3.8, 4) is 11.1 Å². The number of hydrogen-bond donors (Lipinski definition) is 1.